The molecule has 0 spiro atoms. The van der Waals surface area contributed by atoms with E-state index in [1.54, 1.807) is 10.7 Å². The van der Waals surface area contributed by atoms with Crippen molar-refractivity contribution in [2.45, 2.75) is 25.9 Å². The highest BCUT2D eigenvalue weighted by Gasteiger charge is 2.25. The number of nitrogens with zero attached hydrogens (tertiary/aromatic N) is 5. The summed E-state index contributed by atoms with van der Waals surface area (Å²) in [5.74, 6) is 0.872. The third-order valence-corrected chi connectivity index (χ3v) is 4.58. The Bertz CT molecular complexity index is 1100. The van der Waals surface area contributed by atoms with Gasteiger partial charge in [-0.15, -0.1) is 0 Å². The molecule has 3 heterocycles. The molecule has 1 aliphatic rings. The maximum atomic E-state index is 10.1. The number of aryl methyl sites for hydroxylation is 1. The minimum Gasteiger partial charge on any atom is -0.388 e. The highest BCUT2D eigenvalue weighted by molar-refractivity contribution is 5.65. The fourth-order valence-electron chi connectivity index (χ4n) is 3.36. The van der Waals surface area contributed by atoms with Crippen LogP contribution in [0.4, 0.5) is 0 Å². The molecule has 1 N–H and O–H groups in total. The summed E-state index contributed by atoms with van der Waals surface area (Å²) in [6.07, 6.45) is 2.91. The Hall–Kier alpha value is -3.06. The molecule has 124 valence electrons. The van der Waals surface area contributed by atoms with Crippen molar-refractivity contribution < 1.29 is 9.63 Å². The van der Waals surface area contributed by atoms with Crippen molar-refractivity contribution in [2.75, 3.05) is 0 Å². The molecule has 0 aliphatic heterocycles. The summed E-state index contributed by atoms with van der Waals surface area (Å²) in [7, 11) is 0. The van der Waals surface area contributed by atoms with Crippen LogP contribution in [0, 0.1) is 6.92 Å². The van der Waals surface area contributed by atoms with E-state index in [0.29, 0.717) is 17.4 Å². The number of hydrogen-bond acceptors (Lipinski definition) is 6. The molecule has 1 atom stereocenters. The largest absolute Gasteiger partial charge is 0.388 e. The summed E-state index contributed by atoms with van der Waals surface area (Å²) in [5.41, 5.74) is 5.17. The van der Waals surface area contributed by atoms with Crippen molar-refractivity contribution in [2.24, 2.45) is 0 Å². The minimum atomic E-state index is -0.408. The van der Waals surface area contributed by atoms with Gasteiger partial charge in [-0.1, -0.05) is 23.4 Å². The molecule has 1 aliphatic carbocycles. The van der Waals surface area contributed by atoms with Crippen molar-refractivity contribution in [1.82, 2.24) is 24.7 Å². The number of benzene rings is 1. The molecule has 0 amide bonds. The highest BCUT2D eigenvalue weighted by atomic mass is 16.5. The summed E-state index contributed by atoms with van der Waals surface area (Å²) in [5, 5.41) is 18.5. The molecular weight excluding hydrogens is 318 g/mol. The number of fused-ring (bicyclic) bond motifs is 2. The summed E-state index contributed by atoms with van der Waals surface area (Å²) in [4.78, 5) is 8.99. The van der Waals surface area contributed by atoms with E-state index in [1.165, 1.54) is 0 Å². The maximum Gasteiger partial charge on any atom is 0.278 e. The van der Waals surface area contributed by atoms with E-state index >= 15 is 0 Å². The zero-order valence-corrected chi connectivity index (χ0v) is 13.5. The van der Waals surface area contributed by atoms with Crippen LogP contribution >= 0.6 is 0 Å². The molecule has 7 nitrogen and oxygen atoms in total. The van der Waals surface area contributed by atoms with Gasteiger partial charge in [-0.3, -0.25) is 0 Å². The molecule has 0 bridgehead atoms. The minimum absolute atomic E-state index is 0.356. The quantitative estimate of drug-likeness (QED) is 0.607. The number of hydrogen-bond donors (Lipinski definition) is 1. The predicted octanol–water partition coefficient (Wildman–Crippen LogP) is 2.73. The SMILES string of the molecule is Cc1ccc2nc(-c3nc(-c4cccc5c4CCC5O)no3)cn2n1. The van der Waals surface area contributed by atoms with Gasteiger partial charge in [0, 0.05) is 5.56 Å². The second-order valence-electron chi connectivity index (χ2n) is 6.25. The van der Waals surface area contributed by atoms with Gasteiger partial charge in [0.15, 0.2) is 5.65 Å². The Kier molecular flexibility index (Phi) is 2.98. The normalized spacial score (nSPS) is 16.5. The monoisotopic (exact) mass is 333 g/mol. The van der Waals surface area contributed by atoms with Gasteiger partial charge in [0.1, 0.15) is 5.69 Å². The van der Waals surface area contributed by atoms with E-state index in [4.69, 9.17) is 4.52 Å². The Morgan fingerprint density at radius 3 is 3.04 bits per heavy atom. The average molecular weight is 333 g/mol. The van der Waals surface area contributed by atoms with Crippen molar-refractivity contribution in [3.8, 4) is 23.0 Å². The lowest BCUT2D eigenvalue weighted by Gasteiger charge is -2.05. The Labute approximate surface area is 143 Å². The molecule has 3 aromatic heterocycles. The average Bonchev–Trinajstić information content (AvgIpc) is 3.32. The van der Waals surface area contributed by atoms with Crippen LogP contribution in [-0.4, -0.2) is 29.8 Å². The molecule has 7 heteroatoms. The zero-order chi connectivity index (χ0) is 17.0. The van der Waals surface area contributed by atoms with Crippen molar-refractivity contribution in [3.63, 3.8) is 0 Å². The van der Waals surface area contributed by atoms with Crippen LogP contribution in [-0.2, 0) is 6.42 Å². The molecular formula is C18H15N5O2. The topological polar surface area (TPSA) is 89.3 Å². The molecule has 0 saturated heterocycles. The number of rotatable bonds is 2. The first-order chi connectivity index (χ1) is 12.2. The molecule has 0 fully saturated rings. The van der Waals surface area contributed by atoms with Crippen LogP contribution in [0.25, 0.3) is 28.6 Å². The summed E-state index contributed by atoms with van der Waals surface area (Å²) in [6, 6.07) is 9.63. The third-order valence-electron chi connectivity index (χ3n) is 4.58. The second-order valence-corrected chi connectivity index (χ2v) is 6.25. The van der Waals surface area contributed by atoms with E-state index in [2.05, 4.69) is 20.2 Å². The van der Waals surface area contributed by atoms with Gasteiger partial charge in [0.25, 0.3) is 5.89 Å². The molecule has 25 heavy (non-hydrogen) atoms. The lowest BCUT2D eigenvalue weighted by atomic mass is 10.0. The highest BCUT2D eigenvalue weighted by Crippen LogP contribution is 2.37. The van der Waals surface area contributed by atoms with Crippen LogP contribution in [0.15, 0.2) is 41.1 Å². The van der Waals surface area contributed by atoms with E-state index < -0.39 is 6.10 Å². The van der Waals surface area contributed by atoms with Gasteiger partial charge in [0.2, 0.25) is 5.82 Å². The number of aliphatic hydroxyl groups excluding tert-OH is 1. The number of aromatic nitrogens is 5. The number of imidazole rings is 1. The standard InChI is InChI=1S/C18H15N5O2/c1-10-5-8-16-19-14(9-23(16)21-10)18-20-17(22-25-18)13-4-2-3-12-11(13)6-7-15(12)24/h2-5,8-9,15,24H,6-7H2,1H3. The van der Waals surface area contributed by atoms with E-state index in [-0.39, 0.29) is 0 Å². The van der Waals surface area contributed by atoms with Gasteiger partial charge in [-0.2, -0.15) is 10.1 Å². The van der Waals surface area contributed by atoms with Gasteiger partial charge in [-0.05, 0) is 43.0 Å². The van der Waals surface area contributed by atoms with E-state index in [9.17, 15) is 5.11 Å². The molecule has 0 radical (unpaired) electrons. The van der Waals surface area contributed by atoms with Crippen molar-refractivity contribution >= 4 is 5.65 Å². The summed E-state index contributed by atoms with van der Waals surface area (Å²) >= 11 is 0. The summed E-state index contributed by atoms with van der Waals surface area (Å²) in [6.45, 7) is 1.92. The predicted molar refractivity (Wildman–Crippen MR) is 89.7 cm³/mol. The fourth-order valence-corrected chi connectivity index (χ4v) is 3.36. The molecule has 4 aromatic rings. The zero-order valence-electron chi connectivity index (χ0n) is 13.5. The van der Waals surface area contributed by atoms with Crippen LogP contribution in [0.5, 0.6) is 0 Å². The van der Waals surface area contributed by atoms with E-state index in [0.717, 1.165) is 40.9 Å². The van der Waals surface area contributed by atoms with Crippen molar-refractivity contribution in [3.05, 3.63) is 53.3 Å². The maximum absolute atomic E-state index is 10.1. The summed E-state index contributed by atoms with van der Waals surface area (Å²) < 4.78 is 7.12. The number of aliphatic hydroxyl groups is 1. The molecule has 0 saturated carbocycles. The van der Waals surface area contributed by atoms with Gasteiger partial charge in [0.05, 0.1) is 18.0 Å². The van der Waals surface area contributed by atoms with Crippen LogP contribution in [0.2, 0.25) is 0 Å². The lowest BCUT2D eigenvalue weighted by Crippen LogP contribution is -1.92. The van der Waals surface area contributed by atoms with Gasteiger partial charge in [-0.25, -0.2) is 9.50 Å². The van der Waals surface area contributed by atoms with Gasteiger partial charge < -0.3 is 9.63 Å². The smallest absolute Gasteiger partial charge is 0.278 e. The first-order valence-electron chi connectivity index (χ1n) is 8.16. The second kappa shape index (κ2) is 5.22. The van der Waals surface area contributed by atoms with Gasteiger partial charge >= 0.3 is 0 Å². The van der Waals surface area contributed by atoms with Crippen LogP contribution < -0.4 is 0 Å². The first kappa shape index (κ1) is 14.3. The Balaban J connectivity index is 1.58. The lowest BCUT2D eigenvalue weighted by molar-refractivity contribution is 0.180. The van der Waals surface area contributed by atoms with Crippen LogP contribution in [0.1, 0.15) is 29.3 Å². The fraction of sp³-hybridized carbons (Fsp3) is 0.222. The first-order valence-corrected chi connectivity index (χ1v) is 8.16. The molecule has 1 aromatic carbocycles. The van der Waals surface area contributed by atoms with E-state index in [1.807, 2.05) is 37.3 Å². The molecule has 1 unspecified atom stereocenters. The Morgan fingerprint density at radius 2 is 2.12 bits per heavy atom. The Morgan fingerprint density at radius 1 is 1.20 bits per heavy atom. The third kappa shape index (κ3) is 2.24. The molecule has 5 rings (SSSR count). The van der Waals surface area contributed by atoms with Crippen LogP contribution in [0.3, 0.4) is 0 Å². The van der Waals surface area contributed by atoms with Crippen molar-refractivity contribution in [1.29, 1.82) is 0 Å².